The Morgan fingerprint density at radius 2 is 1.25 bits per heavy atom. The summed E-state index contributed by atoms with van der Waals surface area (Å²) in [6, 6.07) is 29.8. The normalized spacial score (nSPS) is 16.6. The zero-order chi connectivity index (χ0) is 33.3. The van der Waals surface area contributed by atoms with Crippen molar-refractivity contribution in [3.05, 3.63) is 130 Å². The Morgan fingerprint density at radius 3 is 1.88 bits per heavy atom. The van der Waals surface area contributed by atoms with Crippen molar-refractivity contribution >= 4 is 45.6 Å². The smallest absolute Gasteiger partial charge is 0.368 e. The summed E-state index contributed by atoms with van der Waals surface area (Å²) in [7, 11) is 0. The van der Waals surface area contributed by atoms with Gasteiger partial charge >= 0.3 is 6.18 Å². The van der Waals surface area contributed by atoms with Gasteiger partial charge < -0.3 is 9.80 Å². The lowest BCUT2D eigenvalue weighted by molar-refractivity contribution is -0.137. The fourth-order valence-electron chi connectivity index (χ4n) is 6.76. The van der Waals surface area contributed by atoms with E-state index in [2.05, 4.69) is 39.0 Å². The van der Waals surface area contributed by atoms with E-state index in [4.69, 9.17) is 33.2 Å². The Balaban J connectivity index is 1.05. The maximum absolute atomic E-state index is 13.3. The van der Waals surface area contributed by atoms with Gasteiger partial charge in [-0.05, 0) is 65.7 Å². The summed E-state index contributed by atoms with van der Waals surface area (Å²) >= 11 is 12.4. The van der Waals surface area contributed by atoms with E-state index in [9.17, 15) is 13.2 Å². The van der Waals surface area contributed by atoms with Crippen LogP contribution in [-0.4, -0.2) is 72.1 Å². The van der Waals surface area contributed by atoms with E-state index in [0.29, 0.717) is 48.5 Å². The second-order valence-electron chi connectivity index (χ2n) is 12.3. The molecule has 248 valence electrons. The van der Waals surface area contributed by atoms with Crippen molar-refractivity contribution in [2.45, 2.75) is 18.8 Å². The summed E-state index contributed by atoms with van der Waals surface area (Å²) in [5.41, 5.74) is 3.23. The molecule has 4 aromatic carbocycles. The van der Waals surface area contributed by atoms with Crippen molar-refractivity contribution in [1.82, 2.24) is 19.8 Å². The maximum Gasteiger partial charge on any atom is 0.416 e. The SMILES string of the molecule is FC(F)(F)c1cccc(N2CCN(c3nc(CN4CCN(C(c5ccc(Cl)cc5)c5ccc(Cl)cc5)CC4)nc4ccccc34)CC2)c1. The first-order valence-corrected chi connectivity index (χ1v) is 16.9. The number of rotatable bonds is 7. The van der Waals surface area contributed by atoms with Crippen LogP contribution in [-0.2, 0) is 12.7 Å². The first kappa shape index (κ1) is 32.6. The zero-order valence-electron chi connectivity index (χ0n) is 26.3. The minimum Gasteiger partial charge on any atom is -0.368 e. The van der Waals surface area contributed by atoms with Crippen molar-refractivity contribution < 1.29 is 13.2 Å². The molecule has 5 aromatic rings. The number of fused-ring (bicyclic) bond motifs is 1. The monoisotopic (exact) mass is 690 g/mol. The lowest BCUT2D eigenvalue weighted by Crippen LogP contribution is -2.48. The number of alkyl halides is 3. The van der Waals surface area contributed by atoms with Crippen LogP contribution in [0.3, 0.4) is 0 Å². The van der Waals surface area contributed by atoms with E-state index >= 15 is 0 Å². The summed E-state index contributed by atoms with van der Waals surface area (Å²) in [4.78, 5) is 19.2. The molecule has 2 aliphatic rings. The van der Waals surface area contributed by atoms with Crippen molar-refractivity contribution in [3.63, 3.8) is 0 Å². The van der Waals surface area contributed by atoms with Gasteiger partial charge in [0, 0.05) is 73.5 Å². The van der Waals surface area contributed by atoms with Crippen LogP contribution in [0.4, 0.5) is 24.7 Å². The van der Waals surface area contributed by atoms with Gasteiger partial charge in [0.05, 0.1) is 23.7 Å². The first-order chi connectivity index (χ1) is 23.2. The summed E-state index contributed by atoms with van der Waals surface area (Å²) < 4.78 is 40.0. The average Bonchev–Trinajstić information content (AvgIpc) is 3.10. The third kappa shape index (κ3) is 7.25. The number of hydrogen-bond donors (Lipinski definition) is 0. The van der Waals surface area contributed by atoms with Gasteiger partial charge in [0.15, 0.2) is 0 Å². The van der Waals surface area contributed by atoms with Crippen LogP contribution in [0.25, 0.3) is 10.9 Å². The Morgan fingerprint density at radius 1 is 0.646 bits per heavy atom. The van der Waals surface area contributed by atoms with E-state index in [1.54, 1.807) is 6.07 Å². The minimum atomic E-state index is -4.37. The number of piperazine rings is 2. The van der Waals surface area contributed by atoms with Gasteiger partial charge in [-0.1, -0.05) is 65.7 Å². The molecule has 2 saturated heterocycles. The molecule has 6 nitrogen and oxygen atoms in total. The molecule has 0 aliphatic carbocycles. The van der Waals surface area contributed by atoms with Crippen LogP contribution >= 0.6 is 23.2 Å². The molecule has 0 unspecified atom stereocenters. The van der Waals surface area contributed by atoms with Crippen LogP contribution < -0.4 is 9.80 Å². The van der Waals surface area contributed by atoms with E-state index in [1.165, 1.54) is 23.3 Å². The van der Waals surface area contributed by atoms with Gasteiger partial charge in [-0.15, -0.1) is 0 Å². The number of halogens is 5. The predicted molar refractivity (Wildman–Crippen MR) is 187 cm³/mol. The molecular formula is C37H35Cl2F3N6. The molecule has 0 radical (unpaired) electrons. The lowest BCUT2D eigenvalue weighted by Gasteiger charge is -2.40. The van der Waals surface area contributed by atoms with Crippen LogP contribution in [0.5, 0.6) is 0 Å². The number of nitrogens with zero attached hydrogens (tertiary/aromatic N) is 6. The Hall–Kier alpha value is -3.89. The maximum atomic E-state index is 13.3. The van der Waals surface area contributed by atoms with Gasteiger partial charge in [-0.2, -0.15) is 13.2 Å². The Labute approximate surface area is 288 Å². The van der Waals surface area contributed by atoms with Crippen molar-refractivity contribution in [2.24, 2.45) is 0 Å². The van der Waals surface area contributed by atoms with Gasteiger partial charge in [-0.25, -0.2) is 9.97 Å². The summed E-state index contributed by atoms with van der Waals surface area (Å²) in [6.07, 6.45) is -4.37. The summed E-state index contributed by atoms with van der Waals surface area (Å²) in [5.74, 6) is 1.65. The zero-order valence-corrected chi connectivity index (χ0v) is 27.8. The van der Waals surface area contributed by atoms with E-state index in [1.807, 2.05) is 53.4 Å². The number of aromatic nitrogens is 2. The molecule has 7 rings (SSSR count). The highest BCUT2D eigenvalue weighted by Gasteiger charge is 2.32. The number of para-hydroxylation sites is 1. The van der Waals surface area contributed by atoms with Crippen molar-refractivity contribution in [1.29, 1.82) is 0 Å². The second kappa shape index (κ2) is 13.9. The van der Waals surface area contributed by atoms with E-state index < -0.39 is 11.7 Å². The molecule has 0 spiro atoms. The highest BCUT2D eigenvalue weighted by atomic mass is 35.5. The van der Waals surface area contributed by atoms with Gasteiger partial charge in [0.2, 0.25) is 0 Å². The van der Waals surface area contributed by atoms with Crippen LogP contribution in [0.2, 0.25) is 10.0 Å². The number of benzene rings is 4. The lowest BCUT2D eigenvalue weighted by atomic mass is 9.96. The molecule has 0 atom stereocenters. The minimum absolute atomic E-state index is 0.0832. The molecule has 2 aliphatic heterocycles. The molecule has 3 heterocycles. The second-order valence-corrected chi connectivity index (χ2v) is 13.2. The summed E-state index contributed by atoms with van der Waals surface area (Å²) in [5, 5.41) is 2.41. The van der Waals surface area contributed by atoms with Gasteiger partial charge in [0.25, 0.3) is 0 Å². The molecule has 0 amide bonds. The molecular weight excluding hydrogens is 656 g/mol. The molecule has 2 fully saturated rings. The largest absolute Gasteiger partial charge is 0.416 e. The van der Waals surface area contributed by atoms with Gasteiger partial charge in [0.1, 0.15) is 11.6 Å². The van der Waals surface area contributed by atoms with E-state index in [-0.39, 0.29) is 6.04 Å². The molecule has 48 heavy (non-hydrogen) atoms. The topological polar surface area (TPSA) is 38.7 Å². The third-order valence-corrected chi connectivity index (χ3v) is 9.76. The third-order valence-electron chi connectivity index (χ3n) is 9.26. The highest BCUT2D eigenvalue weighted by molar-refractivity contribution is 6.30. The average molecular weight is 692 g/mol. The van der Waals surface area contributed by atoms with Crippen LogP contribution in [0, 0.1) is 0 Å². The fourth-order valence-corrected chi connectivity index (χ4v) is 7.01. The molecule has 11 heteroatoms. The van der Waals surface area contributed by atoms with Gasteiger partial charge in [-0.3, -0.25) is 9.80 Å². The summed E-state index contributed by atoms with van der Waals surface area (Å²) in [6.45, 7) is 6.57. The first-order valence-electron chi connectivity index (χ1n) is 16.1. The Bertz CT molecular complexity index is 1810. The van der Waals surface area contributed by atoms with Crippen molar-refractivity contribution in [3.8, 4) is 0 Å². The Kier molecular flexibility index (Phi) is 9.47. The predicted octanol–water partition coefficient (Wildman–Crippen LogP) is 8.19. The van der Waals surface area contributed by atoms with E-state index in [0.717, 1.165) is 54.8 Å². The number of anilines is 2. The molecule has 1 aromatic heterocycles. The quantitative estimate of drug-likeness (QED) is 0.172. The molecule has 0 saturated carbocycles. The van der Waals surface area contributed by atoms with Crippen LogP contribution in [0.15, 0.2) is 97.1 Å². The standard InChI is InChI=1S/C37H35Cl2F3N6/c38-29-12-8-26(9-13-29)35(27-10-14-30(39)15-11-27)47-18-16-45(17-19-47)25-34-43-33-7-2-1-6-32(33)36(44-34)48-22-20-46(21-23-48)31-5-3-4-28(24-31)37(40,41)42/h1-15,24,35H,16-23,25H2. The van der Waals surface area contributed by atoms with Crippen molar-refractivity contribution in [2.75, 3.05) is 62.2 Å². The molecule has 0 bridgehead atoms. The molecule has 0 N–H and O–H groups in total. The van der Waals surface area contributed by atoms with Crippen LogP contribution in [0.1, 0.15) is 28.6 Å². The number of hydrogen-bond acceptors (Lipinski definition) is 6. The highest BCUT2D eigenvalue weighted by Crippen LogP contribution is 2.34. The fraction of sp³-hybridized carbons (Fsp3) is 0.297.